The molecule has 0 N–H and O–H groups in total. The zero-order chi connectivity index (χ0) is 17.6. The van der Waals surface area contributed by atoms with Gasteiger partial charge in [0.2, 0.25) is 0 Å². The molecule has 0 aliphatic rings. The van der Waals surface area contributed by atoms with Crippen molar-refractivity contribution in [3.63, 3.8) is 0 Å². The van der Waals surface area contributed by atoms with Crippen LogP contribution in [0.1, 0.15) is 16.7 Å². The summed E-state index contributed by atoms with van der Waals surface area (Å²) in [5.74, 6) is 1.79. The van der Waals surface area contributed by atoms with Crippen molar-refractivity contribution in [2.24, 2.45) is 0 Å². The highest BCUT2D eigenvalue weighted by atomic mass is 35.5. The molecule has 25 heavy (non-hydrogen) atoms. The van der Waals surface area contributed by atoms with Crippen molar-refractivity contribution in [3.8, 4) is 11.5 Å². The first-order valence-corrected chi connectivity index (χ1v) is 9.33. The van der Waals surface area contributed by atoms with Gasteiger partial charge in [0.15, 0.2) is 5.75 Å². The van der Waals surface area contributed by atoms with Crippen molar-refractivity contribution >= 4 is 23.4 Å². The minimum absolute atomic E-state index is 0.0894. The van der Waals surface area contributed by atoms with E-state index in [2.05, 4.69) is 12.1 Å². The van der Waals surface area contributed by atoms with E-state index in [0.29, 0.717) is 6.61 Å². The van der Waals surface area contributed by atoms with Crippen molar-refractivity contribution in [2.75, 3.05) is 0 Å². The molecule has 3 aromatic rings. The standard InChI is InChI=1S/C21H18ClO2S/c1-15-12-20(10-11-21(15)23)25-14-17-4-8-19(9-5-17)24-13-16-2-6-18(22)7-3-16/h2-12H,13-14H2,1H3. The molecule has 0 bridgehead atoms. The van der Waals surface area contributed by atoms with Crippen LogP contribution < -0.4 is 4.74 Å². The normalized spacial score (nSPS) is 10.6. The van der Waals surface area contributed by atoms with E-state index in [4.69, 9.17) is 16.3 Å². The van der Waals surface area contributed by atoms with E-state index in [1.54, 1.807) is 17.8 Å². The molecule has 2 nitrogen and oxygen atoms in total. The first-order valence-electron chi connectivity index (χ1n) is 7.97. The van der Waals surface area contributed by atoms with E-state index in [9.17, 15) is 5.11 Å². The number of rotatable bonds is 6. The van der Waals surface area contributed by atoms with Gasteiger partial charge in [-0.2, -0.15) is 0 Å². The quantitative estimate of drug-likeness (QED) is 0.454. The van der Waals surface area contributed by atoms with E-state index < -0.39 is 0 Å². The van der Waals surface area contributed by atoms with Gasteiger partial charge in [0.25, 0.3) is 0 Å². The summed E-state index contributed by atoms with van der Waals surface area (Å²) in [6, 6.07) is 21.2. The Morgan fingerprint density at radius 3 is 2.28 bits per heavy atom. The highest BCUT2D eigenvalue weighted by molar-refractivity contribution is 7.98. The molecule has 4 heteroatoms. The lowest BCUT2D eigenvalue weighted by Crippen LogP contribution is -1.95. The van der Waals surface area contributed by atoms with Crippen molar-refractivity contribution in [3.05, 3.63) is 88.4 Å². The molecule has 0 amide bonds. The molecule has 127 valence electrons. The summed E-state index contributed by atoms with van der Waals surface area (Å²) in [5.41, 5.74) is 3.09. The molecule has 0 atom stereocenters. The van der Waals surface area contributed by atoms with Gasteiger partial charge in [0.05, 0.1) is 0 Å². The minimum atomic E-state index is 0.0894. The Kier molecular flexibility index (Phi) is 5.90. The largest absolute Gasteiger partial charge is 0.489 e. The summed E-state index contributed by atoms with van der Waals surface area (Å²) in [6.45, 7) is 2.37. The van der Waals surface area contributed by atoms with E-state index in [1.165, 1.54) is 5.56 Å². The predicted molar refractivity (Wildman–Crippen MR) is 103 cm³/mol. The summed E-state index contributed by atoms with van der Waals surface area (Å²) in [7, 11) is 0. The molecule has 0 fully saturated rings. The van der Waals surface area contributed by atoms with E-state index >= 15 is 0 Å². The van der Waals surface area contributed by atoms with E-state index in [-0.39, 0.29) is 5.75 Å². The van der Waals surface area contributed by atoms with Gasteiger partial charge in [-0.05, 0) is 66.1 Å². The maximum Gasteiger partial charge on any atom is 0.181 e. The molecule has 0 spiro atoms. The number of benzene rings is 3. The lowest BCUT2D eigenvalue weighted by molar-refractivity contribution is 0.306. The number of aryl methyl sites for hydroxylation is 1. The molecule has 3 aromatic carbocycles. The third-order valence-electron chi connectivity index (χ3n) is 3.79. The second-order valence-corrected chi connectivity index (χ2v) is 7.26. The van der Waals surface area contributed by atoms with Crippen molar-refractivity contribution in [1.29, 1.82) is 0 Å². The predicted octanol–water partition coefficient (Wildman–Crippen LogP) is 6.66. The summed E-state index contributed by atoms with van der Waals surface area (Å²) >= 11 is 7.60. The molecule has 0 aliphatic heterocycles. The summed E-state index contributed by atoms with van der Waals surface area (Å²) in [4.78, 5) is 1.11. The highest BCUT2D eigenvalue weighted by Crippen LogP contribution is 2.28. The maximum absolute atomic E-state index is 11.4. The van der Waals surface area contributed by atoms with Crippen LogP contribution in [0, 0.1) is 6.92 Å². The summed E-state index contributed by atoms with van der Waals surface area (Å²) < 4.78 is 5.79. The van der Waals surface area contributed by atoms with Gasteiger partial charge in [-0.15, -0.1) is 11.8 Å². The molecule has 0 aromatic heterocycles. The Labute approximate surface area is 157 Å². The van der Waals surface area contributed by atoms with Crippen LogP contribution in [0.2, 0.25) is 5.02 Å². The average molecular weight is 370 g/mol. The van der Waals surface area contributed by atoms with Crippen LogP contribution in [0.5, 0.6) is 11.5 Å². The molecule has 0 saturated carbocycles. The molecule has 0 unspecified atom stereocenters. The van der Waals surface area contributed by atoms with Crippen LogP contribution in [0.25, 0.3) is 0 Å². The van der Waals surface area contributed by atoms with Crippen molar-refractivity contribution < 1.29 is 9.84 Å². The number of halogens is 1. The van der Waals surface area contributed by atoms with Crippen LogP contribution in [-0.4, -0.2) is 0 Å². The van der Waals surface area contributed by atoms with Crippen LogP contribution in [0.4, 0.5) is 0 Å². The molecular weight excluding hydrogens is 352 g/mol. The second-order valence-electron chi connectivity index (χ2n) is 5.78. The Bertz CT molecular complexity index is 830. The second kappa shape index (κ2) is 8.32. The van der Waals surface area contributed by atoms with Gasteiger partial charge < -0.3 is 4.74 Å². The Morgan fingerprint density at radius 1 is 0.920 bits per heavy atom. The van der Waals surface area contributed by atoms with Gasteiger partial charge in [-0.3, -0.25) is 5.11 Å². The Balaban J connectivity index is 1.53. The first kappa shape index (κ1) is 17.7. The van der Waals surface area contributed by atoms with E-state index in [0.717, 1.165) is 32.5 Å². The number of hydrogen-bond donors (Lipinski definition) is 0. The number of thioether (sulfide) groups is 1. The molecule has 0 saturated heterocycles. The van der Waals surface area contributed by atoms with Gasteiger partial charge in [0, 0.05) is 15.7 Å². The Hall–Kier alpha value is -2.10. The van der Waals surface area contributed by atoms with Gasteiger partial charge in [-0.1, -0.05) is 35.9 Å². The fraction of sp³-hybridized carbons (Fsp3) is 0.143. The number of hydrogen-bond acceptors (Lipinski definition) is 2. The molecule has 0 aliphatic carbocycles. The third kappa shape index (κ3) is 5.18. The fourth-order valence-electron chi connectivity index (χ4n) is 2.31. The van der Waals surface area contributed by atoms with Crippen molar-refractivity contribution in [2.45, 2.75) is 24.2 Å². The zero-order valence-corrected chi connectivity index (χ0v) is 15.4. The van der Waals surface area contributed by atoms with Gasteiger partial charge >= 0.3 is 0 Å². The topological polar surface area (TPSA) is 29.1 Å². The smallest absolute Gasteiger partial charge is 0.181 e. The van der Waals surface area contributed by atoms with E-state index in [1.807, 2.05) is 55.5 Å². The monoisotopic (exact) mass is 369 g/mol. The average Bonchev–Trinajstić information content (AvgIpc) is 2.63. The summed E-state index contributed by atoms with van der Waals surface area (Å²) in [5, 5.41) is 12.2. The third-order valence-corrected chi connectivity index (χ3v) is 5.11. The highest BCUT2D eigenvalue weighted by Gasteiger charge is 2.02. The number of ether oxygens (including phenoxy) is 1. The molecule has 3 rings (SSSR count). The van der Waals surface area contributed by atoms with Crippen molar-refractivity contribution in [1.82, 2.24) is 0 Å². The lowest BCUT2D eigenvalue weighted by Gasteiger charge is -2.08. The SMILES string of the molecule is Cc1cc(SCc2ccc(OCc3ccc(Cl)cc3)cc2)ccc1[O]. The Morgan fingerprint density at radius 2 is 1.60 bits per heavy atom. The molecular formula is C21H18ClO2S. The van der Waals surface area contributed by atoms with Gasteiger partial charge in [-0.25, -0.2) is 0 Å². The van der Waals surface area contributed by atoms with Gasteiger partial charge in [0.1, 0.15) is 12.4 Å². The van der Waals surface area contributed by atoms with Crippen LogP contribution in [0.15, 0.2) is 71.6 Å². The summed E-state index contributed by atoms with van der Waals surface area (Å²) in [6.07, 6.45) is 0. The fourth-order valence-corrected chi connectivity index (χ4v) is 3.38. The lowest BCUT2D eigenvalue weighted by atomic mass is 10.2. The van der Waals surface area contributed by atoms with Crippen LogP contribution in [0.3, 0.4) is 0 Å². The minimum Gasteiger partial charge on any atom is -0.489 e. The maximum atomic E-state index is 11.4. The molecule has 1 radical (unpaired) electrons. The first-order chi connectivity index (χ1) is 12.1. The zero-order valence-electron chi connectivity index (χ0n) is 13.9. The van der Waals surface area contributed by atoms with Crippen LogP contribution in [-0.2, 0) is 17.5 Å². The van der Waals surface area contributed by atoms with Crippen LogP contribution >= 0.6 is 23.4 Å². The molecule has 0 heterocycles.